The molecular weight excluding hydrogens is 233 g/mol. The molecule has 0 aromatic heterocycles. The molecule has 3 nitrogen and oxygen atoms in total. The maximum atomic E-state index is 12.8. The monoisotopic (exact) mass is 245 g/mol. The van der Waals surface area contributed by atoms with E-state index in [2.05, 4.69) is 5.32 Å². The number of halogens is 2. The Bertz CT molecular complexity index is 371. The van der Waals surface area contributed by atoms with E-state index < -0.39 is 5.82 Å². The van der Waals surface area contributed by atoms with E-state index >= 15 is 0 Å². The van der Waals surface area contributed by atoms with Crippen molar-refractivity contribution in [2.75, 3.05) is 13.2 Å². The van der Waals surface area contributed by atoms with Crippen molar-refractivity contribution in [1.82, 2.24) is 5.32 Å². The van der Waals surface area contributed by atoms with Crippen molar-refractivity contribution < 1.29 is 14.3 Å². The second-order valence-electron chi connectivity index (χ2n) is 3.32. The number of nitrogens with one attached hydrogen (secondary N) is 1. The zero-order valence-electron chi connectivity index (χ0n) is 8.67. The first-order valence-corrected chi connectivity index (χ1v) is 5.32. The zero-order valence-corrected chi connectivity index (χ0v) is 9.43. The number of carbonyl (C=O) groups is 1. The maximum absolute atomic E-state index is 12.8. The Hall–Kier alpha value is -1.13. The van der Waals surface area contributed by atoms with Gasteiger partial charge < -0.3 is 10.4 Å². The first-order chi connectivity index (χ1) is 7.63. The van der Waals surface area contributed by atoms with Crippen LogP contribution in [0.4, 0.5) is 4.39 Å². The standard InChI is InChI=1S/C11H13ClFNO2/c12-9-7-8(1-2-10(9)13)3-5-14-11(16)4-6-15/h1-2,7,15H,3-6H2,(H,14,16). The van der Waals surface area contributed by atoms with Gasteiger partial charge in [0.15, 0.2) is 0 Å². The van der Waals surface area contributed by atoms with Crippen LogP contribution in [-0.2, 0) is 11.2 Å². The smallest absolute Gasteiger partial charge is 0.222 e. The normalized spacial score (nSPS) is 10.2. The summed E-state index contributed by atoms with van der Waals surface area (Å²) in [5.74, 6) is -0.648. The molecule has 1 aromatic carbocycles. The van der Waals surface area contributed by atoms with E-state index in [-0.39, 0.29) is 24.0 Å². The second kappa shape index (κ2) is 6.45. The first kappa shape index (κ1) is 12.9. The maximum Gasteiger partial charge on any atom is 0.222 e. The van der Waals surface area contributed by atoms with Crippen LogP contribution in [0.3, 0.4) is 0 Å². The van der Waals surface area contributed by atoms with Gasteiger partial charge in [-0.2, -0.15) is 0 Å². The summed E-state index contributed by atoms with van der Waals surface area (Å²) in [4.78, 5) is 11.0. The van der Waals surface area contributed by atoms with Crippen LogP contribution in [-0.4, -0.2) is 24.2 Å². The largest absolute Gasteiger partial charge is 0.396 e. The number of rotatable bonds is 5. The van der Waals surface area contributed by atoms with E-state index in [1.807, 2.05) is 0 Å². The third-order valence-electron chi connectivity index (χ3n) is 2.06. The summed E-state index contributed by atoms with van der Waals surface area (Å²) in [6, 6.07) is 4.46. The fourth-order valence-electron chi connectivity index (χ4n) is 1.23. The van der Waals surface area contributed by atoms with Crippen LogP contribution in [0.15, 0.2) is 18.2 Å². The summed E-state index contributed by atoms with van der Waals surface area (Å²) in [6.07, 6.45) is 0.682. The van der Waals surface area contributed by atoms with Gasteiger partial charge in [-0.1, -0.05) is 17.7 Å². The van der Waals surface area contributed by atoms with Gasteiger partial charge in [0.05, 0.1) is 11.6 Å². The van der Waals surface area contributed by atoms with Crippen molar-refractivity contribution >= 4 is 17.5 Å². The minimum atomic E-state index is -0.449. The molecule has 88 valence electrons. The highest BCUT2D eigenvalue weighted by molar-refractivity contribution is 6.30. The highest BCUT2D eigenvalue weighted by Crippen LogP contribution is 2.15. The van der Waals surface area contributed by atoms with Crippen molar-refractivity contribution in [1.29, 1.82) is 0 Å². The zero-order chi connectivity index (χ0) is 12.0. The fraction of sp³-hybridized carbons (Fsp3) is 0.364. The minimum absolute atomic E-state index is 0.0826. The molecule has 0 unspecified atom stereocenters. The van der Waals surface area contributed by atoms with Crippen LogP contribution in [0.5, 0.6) is 0 Å². The minimum Gasteiger partial charge on any atom is -0.396 e. The molecule has 0 aliphatic heterocycles. The van der Waals surface area contributed by atoms with E-state index in [1.165, 1.54) is 12.1 Å². The van der Waals surface area contributed by atoms with Crippen LogP contribution in [0.25, 0.3) is 0 Å². The average Bonchev–Trinajstić information content (AvgIpc) is 2.24. The number of aliphatic hydroxyl groups excluding tert-OH is 1. The Morgan fingerprint density at radius 2 is 2.25 bits per heavy atom. The molecule has 2 N–H and O–H groups in total. The lowest BCUT2D eigenvalue weighted by Crippen LogP contribution is -2.26. The molecule has 0 saturated carbocycles. The summed E-state index contributed by atoms with van der Waals surface area (Å²) in [5, 5.41) is 11.2. The molecule has 0 heterocycles. The van der Waals surface area contributed by atoms with Gasteiger partial charge in [0, 0.05) is 13.0 Å². The summed E-state index contributed by atoms with van der Waals surface area (Å²) >= 11 is 5.61. The first-order valence-electron chi connectivity index (χ1n) is 4.95. The molecule has 0 bridgehead atoms. The summed E-state index contributed by atoms with van der Waals surface area (Å²) in [7, 11) is 0. The van der Waals surface area contributed by atoms with Crippen molar-refractivity contribution in [3.8, 4) is 0 Å². The van der Waals surface area contributed by atoms with Gasteiger partial charge in [0.25, 0.3) is 0 Å². The number of hydrogen-bond acceptors (Lipinski definition) is 2. The SMILES string of the molecule is O=C(CCO)NCCc1ccc(F)c(Cl)c1. The van der Waals surface area contributed by atoms with Gasteiger partial charge in [-0.3, -0.25) is 4.79 Å². The Balaban J connectivity index is 2.37. The van der Waals surface area contributed by atoms with Crippen molar-refractivity contribution in [2.24, 2.45) is 0 Å². The van der Waals surface area contributed by atoms with E-state index in [0.717, 1.165) is 5.56 Å². The number of hydrogen-bond donors (Lipinski definition) is 2. The van der Waals surface area contributed by atoms with Crippen LogP contribution in [0, 0.1) is 5.82 Å². The van der Waals surface area contributed by atoms with E-state index in [9.17, 15) is 9.18 Å². The molecule has 0 saturated heterocycles. The molecule has 1 rings (SSSR count). The Kier molecular flexibility index (Phi) is 5.22. The molecular formula is C11H13ClFNO2. The lowest BCUT2D eigenvalue weighted by Gasteiger charge is -2.05. The molecule has 1 amide bonds. The Labute approximate surface area is 98.2 Å². The average molecular weight is 246 g/mol. The van der Waals surface area contributed by atoms with Crippen LogP contribution < -0.4 is 5.32 Å². The molecule has 1 aromatic rings. The van der Waals surface area contributed by atoms with Crippen molar-refractivity contribution in [3.63, 3.8) is 0 Å². The predicted octanol–water partition coefficient (Wildman–Crippen LogP) is 1.52. The van der Waals surface area contributed by atoms with Gasteiger partial charge in [0.2, 0.25) is 5.91 Å². The molecule has 0 fully saturated rings. The van der Waals surface area contributed by atoms with Crippen molar-refractivity contribution in [2.45, 2.75) is 12.8 Å². The van der Waals surface area contributed by atoms with Gasteiger partial charge in [0.1, 0.15) is 5.82 Å². The van der Waals surface area contributed by atoms with Gasteiger partial charge in [-0.05, 0) is 24.1 Å². The van der Waals surface area contributed by atoms with Crippen LogP contribution in [0.1, 0.15) is 12.0 Å². The number of carbonyl (C=O) groups excluding carboxylic acids is 1. The molecule has 0 spiro atoms. The Morgan fingerprint density at radius 3 is 2.88 bits per heavy atom. The predicted molar refractivity (Wildman–Crippen MR) is 59.8 cm³/mol. The Morgan fingerprint density at radius 1 is 1.50 bits per heavy atom. The van der Waals surface area contributed by atoms with Crippen LogP contribution >= 0.6 is 11.6 Å². The van der Waals surface area contributed by atoms with E-state index in [0.29, 0.717) is 13.0 Å². The molecule has 0 radical (unpaired) electrons. The third kappa shape index (κ3) is 4.16. The third-order valence-corrected chi connectivity index (χ3v) is 2.35. The van der Waals surface area contributed by atoms with Gasteiger partial charge >= 0.3 is 0 Å². The molecule has 0 atom stereocenters. The van der Waals surface area contributed by atoms with Gasteiger partial charge in [-0.25, -0.2) is 4.39 Å². The lowest BCUT2D eigenvalue weighted by atomic mass is 10.1. The van der Waals surface area contributed by atoms with Gasteiger partial charge in [-0.15, -0.1) is 0 Å². The molecule has 0 aliphatic rings. The van der Waals surface area contributed by atoms with E-state index in [4.69, 9.17) is 16.7 Å². The number of benzene rings is 1. The number of aliphatic hydroxyl groups is 1. The lowest BCUT2D eigenvalue weighted by molar-refractivity contribution is -0.121. The van der Waals surface area contributed by atoms with Crippen molar-refractivity contribution in [3.05, 3.63) is 34.6 Å². The molecule has 16 heavy (non-hydrogen) atoms. The van der Waals surface area contributed by atoms with E-state index in [1.54, 1.807) is 6.07 Å². The molecule has 0 aliphatic carbocycles. The van der Waals surface area contributed by atoms with Crippen LogP contribution in [0.2, 0.25) is 5.02 Å². The molecule has 5 heteroatoms. The number of amides is 1. The summed E-state index contributed by atoms with van der Waals surface area (Å²) in [5.41, 5.74) is 0.857. The second-order valence-corrected chi connectivity index (χ2v) is 3.73. The summed E-state index contributed by atoms with van der Waals surface area (Å²) in [6.45, 7) is 0.287. The topological polar surface area (TPSA) is 49.3 Å². The summed E-state index contributed by atoms with van der Waals surface area (Å²) < 4.78 is 12.8. The fourth-order valence-corrected chi connectivity index (χ4v) is 1.43. The quantitative estimate of drug-likeness (QED) is 0.826. The highest BCUT2D eigenvalue weighted by Gasteiger charge is 2.02. The highest BCUT2D eigenvalue weighted by atomic mass is 35.5.